The molecular formula is C10H20N4O2S. The lowest BCUT2D eigenvalue weighted by atomic mass is 10.2. The van der Waals surface area contributed by atoms with Crippen molar-refractivity contribution in [2.24, 2.45) is 12.8 Å². The Bertz CT molecular complexity index is 447. The molecule has 0 bridgehead atoms. The Hall–Kier alpha value is -0.920. The highest BCUT2D eigenvalue weighted by Crippen LogP contribution is 2.07. The van der Waals surface area contributed by atoms with Crippen molar-refractivity contribution in [3.8, 4) is 0 Å². The fourth-order valence-corrected chi connectivity index (χ4v) is 2.55. The molecule has 1 atom stereocenters. The van der Waals surface area contributed by atoms with Crippen LogP contribution in [-0.4, -0.2) is 30.6 Å². The molecule has 1 aromatic heterocycles. The van der Waals surface area contributed by atoms with Gasteiger partial charge in [0.25, 0.3) is 10.0 Å². The normalized spacial score (nSPS) is 13.9. The predicted molar refractivity (Wildman–Crippen MR) is 66.0 cm³/mol. The zero-order chi connectivity index (χ0) is 13.1. The summed E-state index contributed by atoms with van der Waals surface area (Å²) >= 11 is 0. The van der Waals surface area contributed by atoms with Gasteiger partial charge in [-0.1, -0.05) is 13.3 Å². The summed E-state index contributed by atoms with van der Waals surface area (Å²) in [6.45, 7) is 4.00. The largest absolute Gasteiger partial charge is 0.337 e. The lowest BCUT2D eigenvalue weighted by Crippen LogP contribution is -2.37. The van der Waals surface area contributed by atoms with Gasteiger partial charge < -0.3 is 10.3 Å². The first kappa shape index (κ1) is 14.1. The highest BCUT2D eigenvalue weighted by atomic mass is 32.2. The van der Waals surface area contributed by atoms with E-state index in [4.69, 9.17) is 5.73 Å². The molecule has 0 amide bonds. The summed E-state index contributed by atoms with van der Waals surface area (Å²) in [5.41, 5.74) is 5.75. The van der Waals surface area contributed by atoms with Crippen LogP contribution in [-0.2, 0) is 17.1 Å². The Morgan fingerprint density at radius 3 is 2.71 bits per heavy atom. The first-order valence-corrected chi connectivity index (χ1v) is 7.10. The van der Waals surface area contributed by atoms with E-state index in [9.17, 15) is 8.42 Å². The van der Waals surface area contributed by atoms with Crippen LogP contribution in [0.5, 0.6) is 0 Å². The highest BCUT2D eigenvalue weighted by Gasteiger charge is 2.18. The van der Waals surface area contributed by atoms with Gasteiger partial charge in [-0.25, -0.2) is 18.1 Å². The number of nitrogens with one attached hydrogen (secondary N) is 1. The minimum absolute atomic E-state index is 0.0428. The van der Waals surface area contributed by atoms with Gasteiger partial charge in [-0.3, -0.25) is 0 Å². The van der Waals surface area contributed by atoms with Crippen LogP contribution in [0, 0.1) is 6.92 Å². The molecule has 0 aliphatic rings. The quantitative estimate of drug-likeness (QED) is 0.761. The number of imidazole rings is 1. The standard InChI is InChI=1S/C10H20N4O2S/c1-4-5-9(11)6-12-17(15,16)10-7-14(3)8(2)13-10/h7,9,12H,4-6,11H2,1-3H3. The van der Waals surface area contributed by atoms with E-state index in [1.165, 1.54) is 6.20 Å². The Kier molecular flexibility index (Phi) is 4.67. The van der Waals surface area contributed by atoms with Crippen molar-refractivity contribution in [1.29, 1.82) is 0 Å². The second-order valence-electron chi connectivity index (χ2n) is 4.14. The molecule has 0 fully saturated rings. The predicted octanol–water partition coefficient (Wildman–Crippen LogP) is 0.134. The lowest BCUT2D eigenvalue weighted by molar-refractivity contribution is 0.550. The molecule has 0 saturated carbocycles. The van der Waals surface area contributed by atoms with Gasteiger partial charge in [0, 0.05) is 25.8 Å². The van der Waals surface area contributed by atoms with Gasteiger partial charge in [-0.05, 0) is 13.3 Å². The Balaban J connectivity index is 2.69. The average Bonchev–Trinajstić information content (AvgIpc) is 2.58. The molecule has 1 aromatic rings. The van der Waals surface area contributed by atoms with Crippen molar-refractivity contribution >= 4 is 10.0 Å². The van der Waals surface area contributed by atoms with Gasteiger partial charge in [0.1, 0.15) is 5.82 Å². The van der Waals surface area contributed by atoms with Gasteiger partial charge in [-0.15, -0.1) is 0 Å². The van der Waals surface area contributed by atoms with Crippen LogP contribution >= 0.6 is 0 Å². The van der Waals surface area contributed by atoms with E-state index in [1.54, 1.807) is 18.5 Å². The summed E-state index contributed by atoms with van der Waals surface area (Å²) in [5, 5.41) is 0.0428. The summed E-state index contributed by atoms with van der Waals surface area (Å²) in [4.78, 5) is 3.98. The zero-order valence-corrected chi connectivity index (χ0v) is 11.3. The van der Waals surface area contributed by atoms with Gasteiger partial charge in [0.2, 0.25) is 0 Å². The third-order valence-corrected chi connectivity index (χ3v) is 3.85. The summed E-state index contributed by atoms with van der Waals surface area (Å²) in [6, 6.07) is -0.153. The second-order valence-corrected chi connectivity index (χ2v) is 5.85. The molecule has 6 nitrogen and oxygen atoms in total. The third kappa shape index (κ3) is 3.79. The third-order valence-electron chi connectivity index (χ3n) is 2.56. The van der Waals surface area contributed by atoms with Gasteiger partial charge in [-0.2, -0.15) is 0 Å². The molecule has 0 aliphatic carbocycles. The summed E-state index contributed by atoms with van der Waals surface area (Å²) in [7, 11) is -1.78. The molecule has 17 heavy (non-hydrogen) atoms. The van der Waals surface area contributed by atoms with Gasteiger partial charge in [0.05, 0.1) is 0 Å². The fraction of sp³-hybridized carbons (Fsp3) is 0.700. The van der Waals surface area contributed by atoms with Crippen LogP contribution in [0.1, 0.15) is 25.6 Å². The van der Waals surface area contributed by atoms with Gasteiger partial charge >= 0.3 is 0 Å². The van der Waals surface area contributed by atoms with E-state index in [-0.39, 0.29) is 17.6 Å². The number of hydrogen-bond donors (Lipinski definition) is 2. The van der Waals surface area contributed by atoms with E-state index in [1.807, 2.05) is 6.92 Å². The molecule has 0 radical (unpaired) electrons. The van der Waals surface area contributed by atoms with Crippen molar-refractivity contribution in [1.82, 2.24) is 14.3 Å². The SMILES string of the molecule is CCCC(N)CNS(=O)(=O)c1cn(C)c(C)n1. The van der Waals surface area contributed by atoms with Crippen molar-refractivity contribution in [2.45, 2.75) is 37.8 Å². The first-order valence-electron chi connectivity index (χ1n) is 5.62. The first-order chi connectivity index (χ1) is 7.86. The summed E-state index contributed by atoms with van der Waals surface area (Å²) in [6.07, 6.45) is 3.22. The van der Waals surface area contributed by atoms with Crippen LogP contribution in [0.25, 0.3) is 0 Å². The maximum absolute atomic E-state index is 11.9. The van der Waals surface area contributed by atoms with Crippen LogP contribution in [0.3, 0.4) is 0 Å². The molecule has 3 N–H and O–H groups in total. The maximum atomic E-state index is 11.9. The molecule has 0 saturated heterocycles. The smallest absolute Gasteiger partial charge is 0.259 e. The number of sulfonamides is 1. The molecule has 0 aliphatic heterocycles. The molecule has 1 rings (SSSR count). The maximum Gasteiger partial charge on any atom is 0.259 e. The monoisotopic (exact) mass is 260 g/mol. The number of nitrogens with two attached hydrogens (primary N) is 1. The van der Waals surface area contributed by atoms with E-state index >= 15 is 0 Å². The van der Waals surface area contributed by atoms with E-state index in [0.717, 1.165) is 12.8 Å². The van der Waals surface area contributed by atoms with E-state index in [2.05, 4.69) is 9.71 Å². The average molecular weight is 260 g/mol. The molecule has 1 unspecified atom stereocenters. The Labute approximate surface area is 102 Å². The number of nitrogens with zero attached hydrogens (tertiary/aromatic N) is 2. The van der Waals surface area contributed by atoms with Crippen LogP contribution in [0.4, 0.5) is 0 Å². The number of rotatable bonds is 6. The minimum Gasteiger partial charge on any atom is -0.337 e. The lowest BCUT2D eigenvalue weighted by Gasteiger charge is -2.10. The van der Waals surface area contributed by atoms with Crippen LogP contribution in [0.15, 0.2) is 11.2 Å². The van der Waals surface area contributed by atoms with E-state index in [0.29, 0.717) is 5.82 Å². The van der Waals surface area contributed by atoms with E-state index < -0.39 is 10.0 Å². The van der Waals surface area contributed by atoms with Crippen LogP contribution in [0.2, 0.25) is 0 Å². The number of aryl methyl sites for hydroxylation is 2. The molecule has 0 aromatic carbocycles. The Morgan fingerprint density at radius 2 is 2.24 bits per heavy atom. The molecule has 7 heteroatoms. The molecule has 1 heterocycles. The van der Waals surface area contributed by atoms with Crippen LogP contribution < -0.4 is 10.5 Å². The Morgan fingerprint density at radius 1 is 1.59 bits per heavy atom. The van der Waals surface area contributed by atoms with Crippen molar-refractivity contribution in [3.63, 3.8) is 0 Å². The molecule has 98 valence electrons. The fourth-order valence-electron chi connectivity index (χ4n) is 1.42. The topological polar surface area (TPSA) is 90.0 Å². The van der Waals surface area contributed by atoms with Crippen molar-refractivity contribution < 1.29 is 8.42 Å². The minimum atomic E-state index is -3.54. The summed E-state index contributed by atoms with van der Waals surface area (Å²) < 4.78 is 27.9. The second kappa shape index (κ2) is 5.61. The number of hydrogen-bond acceptors (Lipinski definition) is 4. The van der Waals surface area contributed by atoms with Crippen molar-refractivity contribution in [3.05, 3.63) is 12.0 Å². The molecule has 0 spiro atoms. The highest BCUT2D eigenvalue weighted by molar-refractivity contribution is 7.89. The number of aromatic nitrogens is 2. The zero-order valence-electron chi connectivity index (χ0n) is 10.5. The summed E-state index contributed by atoms with van der Waals surface area (Å²) in [5.74, 6) is 0.656. The van der Waals surface area contributed by atoms with Crippen molar-refractivity contribution in [2.75, 3.05) is 6.54 Å². The van der Waals surface area contributed by atoms with Gasteiger partial charge in [0.15, 0.2) is 5.03 Å². The molecular weight excluding hydrogens is 240 g/mol.